The van der Waals surface area contributed by atoms with Crippen LogP contribution in [0.5, 0.6) is 5.75 Å². The van der Waals surface area contributed by atoms with Crippen LogP contribution in [0.25, 0.3) is 10.8 Å². The fourth-order valence-electron chi connectivity index (χ4n) is 2.55. The molecule has 0 aliphatic heterocycles. The molecule has 3 aromatic carbocycles. The van der Waals surface area contributed by atoms with E-state index in [0.29, 0.717) is 11.3 Å². The number of aromatic hydroxyl groups is 1. The van der Waals surface area contributed by atoms with E-state index in [4.69, 9.17) is 0 Å². The molecule has 3 N–H and O–H groups in total. The summed E-state index contributed by atoms with van der Waals surface area (Å²) in [6.45, 7) is 1.36. The minimum Gasteiger partial charge on any atom is -0.507 e. The second-order valence-corrected chi connectivity index (χ2v) is 7.44. The van der Waals surface area contributed by atoms with Crippen molar-refractivity contribution in [2.75, 3.05) is 5.32 Å². The highest BCUT2D eigenvalue weighted by Gasteiger charge is 2.13. The van der Waals surface area contributed by atoms with Crippen molar-refractivity contribution in [2.24, 2.45) is 5.10 Å². The Hall–Kier alpha value is -3.39. The van der Waals surface area contributed by atoms with E-state index >= 15 is 0 Å². The van der Waals surface area contributed by atoms with Crippen LogP contribution in [0.1, 0.15) is 12.5 Å². The summed E-state index contributed by atoms with van der Waals surface area (Å²) < 4.78 is 24.7. The van der Waals surface area contributed by atoms with Gasteiger partial charge in [0.2, 0.25) is 5.91 Å². The number of carbonyl (C=O) groups excluding carboxylic acids is 1. The fourth-order valence-corrected chi connectivity index (χ4v) is 3.34. The van der Waals surface area contributed by atoms with Gasteiger partial charge in [-0.1, -0.05) is 30.3 Å². The standard InChI is InChI=1S/C19H17N3O4S/c1-13(23)21-15-7-9-16(10-8-15)27(25,26)22-20-12-18-17-5-3-2-4-14(17)6-11-19(18)24/h2-12,22,24H,1H3,(H,21,23)/b20-12-. The third-order valence-corrected chi connectivity index (χ3v) is 5.04. The number of carbonyl (C=O) groups is 1. The number of benzene rings is 3. The second-order valence-electron chi connectivity index (χ2n) is 5.78. The largest absolute Gasteiger partial charge is 0.507 e. The summed E-state index contributed by atoms with van der Waals surface area (Å²) in [6, 6.07) is 16.4. The molecule has 0 atom stereocenters. The number of hydrogen-bond donors (Lipinski definition) is 3. The molecule has 27 heavy (non-hydrogen) atoms. The first kappa shape index (κ1) is 18.4. The molecule has 138 valence electrons. The minimum absolute atomic E-state index is 0.00342. The van der Waals surface area contributed by atoms with E-state index in [1.165, 1.54) is 43.5 Å². The molecule has 0 saturated heterocycles. The zero-order chi connectivity index (χ0) is 19.4. The molecule has 3 aromatic rings. The second kappa shape index (κ2) is 7.46. The van der Waals surface area contributed by atoms with Gasteiger partial charge in [0.25, 0.3) is 10.0 Å². The summed E-state index contributed by atoms with van der Waals surface area (Å²) in [6.07, 6.45) is 1.26. The van der Waals surface area contributed by atoms with Gasteiger partial charge in [-0.05, 0) is 41.1 Å². The van der Waals surface area contributed by atoms with E-state index in [-0.39, 0.29) is 16.6 Å². The van der Waals surface area contributed by atoms with Crippen LogP contribution in [0.2, 0.25) is 0 Å². The molecule has 0 aromatic heterocycles. The minimum atomic E-state index is -3.88. The van der Waals surface area contributed by atoms with Crippen LogP contribution in [0.15, 0.2) is 70.7 Å². The van der Waals surface area contributed by atoms with Crippen molar-refractivity contribution in [3.63, 3.8) is 0 Å². The van der Waals surface area contributed by atoms with E-state index in [0.717, 1.165) is 10.8 Å². The Bertz CT molecular complexity index is 1120. The Labute approximate surface area is 156 Å². The van der Waals surface area contributed by atoms with Crippen molar-refractivity contribution < 1.29 is 18.3 Å². The average Bonchev–Trinajstić information content (AvgIpc) is 2.63. The number of hydrogen-bond acceptors (Lipinski definition) is 5. The summed E-state index contributed by atoms with van der Waals surface area (Å²) in [4.78, 5) is 13.1. The van der Waals surface area contributed by atoms with Gasteiger partial charge in [-0.25, -0.2) is 4.83 Å². The third kappa shape index (κ3) is 4.24. The molecule has 0 saturated carbocycles. The Kier molecular flexibility index (Phi) is 5.09. The molecule has 0 spiro atoms. The average molecular weight is 383 g/mol. The maximum absolute atomic E-state index is 12.3. The number of anilines is 1. The molecule has 0 fully saturated rings. The van der Waals surface area contributed by atoms with Gasteiger partial charge in [0.1, 0.15) is 5.75 Å². The van der Waals surface area contributed by atoms with Gasteiger partial charge >= 0.3 is 0 Å². The number of nitrogens with zero attached hydrogens (tertiary/aromatic N) is 1. The molecule has 0 bridgehead atoms. The Morgan fingerprint density at radius 2 is 1.74 bits per heavy atom. The van der Waals surface area contributed by atoms with E-state index in [2.05, 4.69) is 15.2 Å². The van der Waals surface area contributed by atoms with Crippen molar-refractivity contribution in [1.29, 1.82) is 0 Å². The summed E-state index contributed by atoms with van der Waals surface area (Å²) in [7, 11) is -3.88. The summed E-state index contributed by atoms with van der Waals surface area (Å²) in [5, 5.41) is 18.0. The number of sulfonamides is 1. The zero-order valence-electron chi connectivity index (χ0n) is 14.4. The number of phenols is 1. The topological polar surface area (TPSA) is 108 Å². The number of rotatable bonds is 5. The van der Waals surface area contributed by atoms with Gasteiger partial charge < -0.3 is 10.4 Å². The lowest BCUT2D eigenvalue weighted by molar-refractivity contribution is -0.114. The smallest absolute Gasteiger partial charge is 0.276 e. The highest BCUT2D eigenvalue weighted by molar-refractivity contribution is 7.89. The van der Waals surface area contributed by atoms with Crippen LogP contribution in [0.3, 0.4) is 0 Å². The zero-order valence-corrected chi connectivity index (χ0v) is 15.2. The first-order valence-electron chi connectivity index (χ1n) is 8.00. The monoisotopic (exact) mass is 383 g/mol. The van der Waals surface area contributed by atoms with Gasteiger partial charge in [0.05, 0.1) is 11.1 Å². The first-order chi connectivity index (χ1) is 12.9. The predicted molar refractivity (Wildman–Crippen MR) is 104 cm³/mol. The molecular weight excluding hydrogens is 366 g/mol. The van der Waals surface area contributed by atoms with E-state index in [1.807, 2.05) is 24.3 Å². The number of nitrogens with one attached hydrogen (secondary N) is 2. The van der Waals surface area contributed by atoms with Crippen LogP contribution in [-0.2, 0) is 14.8 Å². The lowest BCUT2D eigenvalue weighted by Gasteiger charge is -2.07. The van der Waals surface area contributed by atoms with Crippen LogP contribution >= 0.6 is 0 Å². The van der Waals surface area contributed by atoms with Crippen LogP contribution in [0.4, 0.5) is 5.69 Å². The molecular formula is C19H17N3O4S. The molecule has 0 aliphatic rings. The Morgan fingerprint density at radius 1 is 1.04 bits per heavy atom. The molecule has 7 nitrogen and oxygen atoms in total. The van der Waals surface area contributed by atoms with Gasteiger partial charge in [-0.2, -0.15) is 13.5 Å². The van der Waals surface area contributed by atoms with Crippen LogP contribution in [0, 0.1) is 0 Å². The van der Waals surface area contributed by atoms with E-state index in [1.54, 1.807) is 6.07 Å². The SMILES string of the molecule is CC(=O)Nc1ccc(S(=O)(=O)N/N=C\c2c(O)ccc3ccccc23)cc1. The highest BCUT2D eigenvalue weighted by atomic mass is 32.2. The maximum atomic E-state index is 12.3. The van der Waals surface area contributed by atoms with Crippen molar-refractivity contribution in [3.8, 4) is 5.75 Å². The molecule has 1 amide bonds. The van der Waals surface area contributed by atoms with E-state index < -0.39 is 10.0 Å². The summed E-state index contributed by atoms with van der Waals surface area (Å²) in [5.74, 6) is -0.250. The highest BCUT2D eigenvalue weighted by Crippen LogP contribution is 2.25. The summed E-state index contributed by atoms with van der Waals surface area (Å²) in [5.41, 5.74) is 0.905. The Morgan fingerprint density at radius 3 is 2.44 bits per heavy atom. The molecule has 0 radical (unpaired) electrons. The normalized spacial score (nSPS) is 11.6. The van der Waals surface area contributed by atoms with Crippen molar-refractivity contribution in [2.45, 2.75) is 11.8 Å². The van der Waals surface area contributed by atoms with Crippen LogP contribution in [-0.4, -0.2) is 25.6 Å². The van der Waals surface area contributed by atoms with Gasteiger partial charge in [-0.15, -0.1) is 0 Å². The van der Waals surface area contributed by atoms with Crippen molar-refractivity contribution in [1.82, 2.24) is 4.83 Å². The first-order valence-corrected chi connectivity index (χ1v) is 9.48. The van der Waals surface area contributed by atoms with Gasteiger partial charge in [-0.3, -0.25) is 4.79 Å². The molecule has 0 unspecified atom stereocenters. The lowest BCUT2D eigenvalue weighted by atomic mass is 10.0. The molecule has 3 rings (SSSR count). The van der Waals surface area contributed by atoms with Crippen molar-refractivity contribution >= 4 is 38.6 Å². The molecule has 0 heterocycles. The lowest BCUT2D eigenvalue weighted by Crippen LogP contribution is -2.18. The maximum Gasteiger partial charge on any atom is 0.276 e. The van der Waals surface area contributed by atoms with Crippen molar-refractivity contribution in [3.05, 3.63) is 66.2 Å². The molecule has 8 heteroatoms. The van der Waals surface area contributed by atoms with Gasteiger partial charge in [0, 0.05) is 18.2 Å². The number of amides is 1. The molecule has 0 aliphatic carbocycles. The number of hydrazone groups is 1. The fraction of sp³-hybridized carbons (Fsp3) is 0.0526. The third-order valence-electron chi connectivity index (χ3n) is 3.80. The van der Waals surface area contributed by atoms with Gasteiger partial charge in [0.15, 0.2) is 0 Å². The Balaban J connectivity index is 1.81. The number of fused-ring (bicyclic) bond motifs is 1. The van der Waals surface area contributed by atoms with Crippen LogP contribution < -0.4 is 10.1 Å². The van der Waals surface area contributed by atoms with E-state index in [9.17, 15) is 18.3 Å². The quantitative estimate of drug-likeness (QED) is 0.465. The predicted octanol–water partition coefficient (Wildman–Crippen LogP) is 2.82. The summed E-state index contributed by atoms with van der Waals surface area (Å²) >= 11 is 0. The number of phenolic OH excluding ortho intramolecular Hbond substituents is 1.